The van der Waals surface area contributed by atoms with E-state index in [9.17, 15) is 4.79 Å². The van der Waals surface area contributed by atoms with Crippen LogP contribution in [0.4, 0.5) is 0 Å². The molecule has 2 rings (SSSR count). The summed E-state index contributed by atoms with van der Waals surface area (Å²) in [5.74, 6) is 1.84. The van der Waals surface area contributed by atoms with Crippen molar-refractivity contribution in [2.75, 3.05) is 26.0 Å². The molecule has 0 saturated heterocycles. The maximum Gasteiger partial charge on any atom is 0.263 e. The van der Waals surface area contributed by atoms with Gasteiger partial charge in [0.05, 0.1) is 13.7 Å². The van der Waals surface area contributed by atoms with Crippen molar-refractivity contribution in [3.63, 3.8) is 0 Å². The SMILES string of the molecule is CC=Cc1ccc(OCC(=O)NC2=NCCS2)c(OC)c1. The van der Waals surface area contributed by atoms with Gasteiger partial charge in [0.2, 0.25) is 0 Å². The van der Waals surface area contributed by atoms with Gasteiger partial charge >= 0.3 is 0 Å². The summed E-state index contributed by atoms with van der Waals surface area (Å²) < 4.78 is 10.8. The number of nitrogens with zero attached hydrogens (tertiary/aromatic N) is 1. The molecule has 1 heterocycles. The van der Waals surface area contributed by atoms with Crippen LogP contribution in [0, 0.1) is 0 Å². The van der Waals surface area contributed by atoms with Crippen LogP contribution >= 0.6 is 11.8 Å². The molecule has 0 fully saturated rings. The standard InChI is InChI=1S/C15H18N2O3S/c1-3-4-11-5-6-12(13(9-11)19-2)20-10-14(18)17-15-16-7-8-21-15/h3-6,9H,7-8,10H2,1-2H3,(H,16,17,18). The maximum atomic E-state index is 11.8. The molecular weight excluding hydrogens is 288 g/mol. The Hall–Kier alpha value is -1.95. The minimum Gasteiger partial charge on any atom is -0.493 e. The molecule has 1 amide bonds. The number of carbonyl (C=O) groups excluding carboxylic acids is 1. The molecule has 1 N–H and O–H groups in total. The van der Waals surface area contributed by atoms with Gasteiger partial charge in [-0.05, 0) is 24.6 Å². The monoisotopic (exact) mass is 306 g/mol. The lowest BCUT2D eigenvalue weighted by molar-refractivity contribution is -0.121. The Kier molecular flexibility index (Phi) is 5.68. The quantitative estimate of drug-likeness (QED) is 0.907. The maximum absolute atomic E-state index is 11.8. The summed E-state index contributed by atoms with van der Waals surface area (Å²) in [5.41, 5.74) is 1.02. The van der Waals surface area contributed by atoms with E-state index in [1.807, 2.05) is 31.2 Å². The van der Waals surface area contributed by atoms with Crippen LogP contribution in [0.3, 0.4) is 0 Å². The molecule has 1 aromatic carbocycles. The molecule has 1 aliphatic heterocycles. The van der Waals surface area contributed by atoms with E-state index in [-0.39, 0.29) is 12.5 Å². The third-order valence-corrected chi connectivity index (χ3v) is 3.63. The number of allylic oxidation sites excluding steroid dienone is 1. The molecule has 0 spiro atoms. The molecular formula is C15H18N2O3S. The highest BCUT2D eigenvalue weighted by atomic mass is 32.2. The number of ether oxygens (including phenoxy) is 2. The smallest absolute Gasteiger partial charge is 0.263 e. The molecule has 0 aromatic heterocycles. The molecule has 112 valence electrons. The Bertz CT molecular complexity index is 570. The van der Waals surface area contributed by atoms with E-state index in [0.29, 0.717) is 16.7 Å². The number of benzene rings is 1. The lowest BCUT2D eigenvalue weighted by atomic mass is 10.2. The average molecular weight is 306 g/mol. The summed E-state index contributed by atoms with van der Waals surface area (Å²) in [6, 6.07) is 5.57. The van der Waals surface area contributed by atoms with E-state index in [2.05, 4.69) is 10.3 Å². The minimum atomic E-state index is -0.220. The van der Waals surface area contributed by atoms with Gasteiger partial charge in [0.15, 0.2) is 23.3 Å². The van der Waals surface area contributed by atoms with Crippen molar-refractivity contribution in [3.05, 3.63) is 29.8 Å². The molecule has 21 heavy (non-hydrogen) atoms. The van der Waals surface area contributed by atoms with Crippen molar-refractivity contribution in [1.82, 2.24) is 5.32 Å². The molecule has 0 aliphatic carbocycles. The number of methoxy groups -OCH3 is 1. The number of aliphatic imine (C=N–C) groups is 1. The van der Waals surface area contributed by atoms with Crippen molar-refractivity contribution in [1.29, 1.82) is 0 Å². The molecule has 1 aliphatic rings. The molecule has 0 unspecified atom stereocenters. The highest BCUT2D eigenvalue weighted by Gasteiger charge is 2.12. The molecule has 1 aromatic rings. The normalized spacial score (nSPS) is 14.1. The first-order chi connectivity index (χ1) is 10.2. The van der Waals surface area contributed by atoms with Crippen LogP contribution in [0.15, 0.2) is 29.3 Å². The summed E-state index contributed by atoms with van der Waals surface area (Å²) in [6.07, 6.45) is 3.91. The molecule has 0 saturated carbocycles. The van der Waals surface area contributed by atoms with E-state index in [4.69, 9.17) is 9.47 Å². The van der Waals surface area contributed by atoms with Gasteiger partial charge in [-0.2, -0.15) is 0 Å². The second kappa shape index (κ2) is 7.73. The summed E-state index contributed by atoms with van der Waals surface area (Å²) in [7, 11) is 1.58. The fourth-order valence-electron chi connectivity index (χ4n) is 1.81. The van der Waals surface area contributed by atoms with Crippen molar-refractivity contribution in [3.8, 4) is 11.5 Å². The fraction of sp³-hybridized carbons (Fsp3) is 0.333. The largest absolute Gasteiger partial charge is 0.493 e. The van der Waals surface area contributed by atoms with Crippen LogP contribution in [0.25, 0.3) is 6.08 Å². The van der Waals surface area contributed by atoms with E-state index in [1.165, 1.54) is 11.8 Å². The number of carbonyl (C=O) groups is 1. The molecule has 5 nitrogen and oxygen atoms in total. The van der Waals surface area contributed by atoms with Crippen LogP contribution in [0.1, 0.15) is 12.5 Å². The third kappa shape index (κ3) is 4.53. The number of amides is 1. The van der Waals surface area contributed by atoms with E-state index >= 15 is 0 Å². The number of thioether (sulfide) groups is 1. The van der Waals surface area contributed by atoms with Gasteiger partial charge in [-0.15, -0.1) is 0 Å². The summed E-state index contributed by atoms with van der Waals surface area (Å²) >= 11 is 1.54. The van der Waals surface area contributed by atoms with Crippen LogP contribution in [0.2, 0.25) is 0 Å². The number of rotatable bonds is 5. The Morgan fingerprint density at radius 2 is 2.33 bits per heavy atom. The summed E-state index contributed by atoms with van der Waals surface area (Å²) in [6.45, 7) is 2.63. The second-order valence-corrected chi connectivity index (χ2v) is 5.37. The van der Waals surface area contributed by atoms with Gasteiger partial charge in [-0.25, -0.2) is 0 Å². The number of amidine groups is 1. The summed E-state index contributed by atoms with van der Waals surface area (Å²) in [4.78, 5) is 15.9. The van der Waals surface area contributed by atoms with Crippen LogP contribution in [-0.2, 0) is 4.79 Å². The Morgan fingerprint density at radius 3 is 3.00 bits per heavy atom. The van der Waals surface area contributed by atoms with Gasteiger partial charge in [0.1, 0.15) is 0 Å². The van der Waals surface area contributed by atoms with Gasteiger partial charge in [0.25, 0.3) is 5.91 Å². The number of nitrogens with one attached hydrogen (secondary N) is 1. The van der Waals surface area contributed by atoms with E-state index < -0.39 is 0 Å². The van der Waals surface area contributed by atoms with E-state index in [0.717, 1.165) is 17.9 Å². The first-order valence-electron chi connectivity index (χ1n) is 6.63. The Balaban J connectivity index is 1.94. The van der Waals surface area contributed by atoms with Crippen molar-refractivity contribution in [2.45, 2.75) is 6.92 Å². The van der Waals surface area contributed by atoms with Gasteiger partial charge in [-0.3, -0.25) is 9.79 Å². The van der Waals surface area contributed by atoms with Gasteiger partial charge in [0, 0.05) is 5.75 Å². The van der Waals surface area contributed by atoms with Crippen molar-refractivity contribution in [2.24, 2.45) is 4.99 Å². The zero-order chi connectivity index (χ0) is 15.1. The van der Waals surface area contributed by atoms with E-state index in [1.54, 1.807) is 13.2 Å². The Morgan fingerprint density at radius 1 is 1.48 bits per heavy atom. The fourth-order valence-corrected chi connectivity index (χ4v) is 2.55. The molecule has 0 bridgehead atoms. The van der Waals surface area contributed by atoms with Crippen molar-refractivity contribution < 1.29 is 14.3 Å². The lowest BCUT2D eigenvalue weighted by Gasteiger charge is -2.11. The zero-order valence-electron chi connectivity index (χ0n) is 12.1. The van der Waals surface area contributed by atoms with Crippen LogP contribution in [-0.4, -0.2) is 37.1 Å². The van der Waals surface area contributed by atoms with Crippen molar-refractivity contribution >= 4 is 28.9 Å². The highest BCUT2D eigenvalue weighted by molar-refractivity contribution is 8.14. The first-order valence-corrected chi connectivity index (χ1v) is 7.62. The molecule has 0 atom stereocenters. The Labute approximate surface area is 128 Å². The van der Waals surface area contributed by atoms with Gasteiger partial charge in [-0.1, -0.05) is 30.0 Å². The average Bonchev–Trinajstić information content (AvgIpc) is 2.99. The lowest BCUT2D eigenvalue weighted by Crippen LogP contribution is -2.32. The minimum absolute atomic E-state index is 0.0705. The topological polar surface area (TPSA) is 59.9 Å². The third-order valence-electron chi connectivity index (χ3n) is 2.74. The zero-order valence-corrected chi connectivity index (χ0v) is 12.9. The first kappa shape index (κ1) is 15.4. The number of hydrogen-bond donors (Lipinski definition) is 1. The van der Waals surface area contributed by atoms with Crippen LogP contribution in [0.5, 0.6) is 11.5 Å². The van der Waals surface area contributed by atoms with Crippen LogP contribution < -0.4 is 14.8 Å². The molecule has 0 radical (unpaired) electrons. The predicted molar refractivity (Wildman–Crippen MR) is 86.1 cm³/mol. The number of hydrogen-bond acceptors (Lipinski definition) is 5. The predicted octanol–water partition coefficient (Wildman–Crippen LogP) is 2.33. The second-order valence-electron chi connectivity index (χ2n) is 4.28. The highest BCUT2D eigenvalue weighted by Crippen LogP contribution is 2.28. The van der Waals surface area contributed by atoms with Gasteiger partial charge < -0.3 is 14.8 Å². The summed E-state index contributed by atoms with van der Waals surface area (Å²) in [5, 5.41) is 3.38. The molecule has 6 heteroatoms.